The van der Waals surface area contributed by atoms with E-state index in [4.69, 9.17) is 0 Å². The van der Waals surface area contributed by atoms with E-state index >= 15 is 0 Å². The number of aromatic nitrogens is 2. The van der Waals surface area contributed by atoms with Gasteiger partial charge in [-0.3, -0.25) is 0 Å². The van der Waals surface area contributed by atoms with E-state index in [9.17, 15) is 15.0 Å². The zero-order chi connectivity index (χ0) is 15.3. The van der Waals surface area contributed by atoms with E-state index in [-0.39, 0.29) is 12.0 Å². The number of aliphatic hydroxyl groups excluding tert-OH is 1. The minimum absolute atomic E-state index is 0.0640. The van der Waals surface area contributed by atoms with Crippen LogP contribution < -0.4 is 0 Å². The fourth-order valence-electron chi connectivity index (χ4n) is 3.76. The quantitative estimate of drug-likeness (QED) is 0.842. The lowest BCUT2D eigenvalue weighted by atomic mass is 9.84. The molecule has 0 radical (unpaired) electrons. The molecule has 2 aliphatic rings. The maximum absolute atomic E-state index is 11.3. The van der Waals surface area contributed by atoms with E-state index < -0.39 is 12.2 Å². The van der Waals surface area contributed by atoms with Crippen molar-refractivity contribution < 1.29 is 15.0 Å². The van der Waals surface area contributed by atoms with E-state index in [1.165, 1.54) is 4.90 Å². The fourth-order valence-corrected chi connectivity index (χ4v) is 3.76. The first-order valence-electron chi connectivity index (χ1n) is 7.44. The molecule has 1 aromatic heterocycles. The number of carboxylic acid groups (broad SMARTS) is 1. The first-order chi connectivity index (χ1) is 10.7. The van der Waals surface area contributed by atoms with Crippen molar-refractivity contribution in [1.29, 1.82) is 0 Å². The zero-order valence-corrected chi connectivity index (χ0v) is 12.0. The van der Waals surface area contributed by atoms with Crippen molar-refractivity contribution in [2.24, 2.45) is 5.92 Å². The second-order valence-electron chi connectivity index (χ2n) is 5.97. The number of likely N-dealkylation sites (tertiary alicyclic amines) is 1. The number of aliphatic hydroxyl groups is 1. The summed E-state index contributed by atoms with van der Waals surface area (Å²) in [7, 11) is 0. The minimum atomic E-state index is -0.922. The van der Waals surface area contributed by atoms with Gasteiger partial charge in [0.05, 0.1) is 30.4 Å². The van der Waals surface area contributed by atoms with Crippen LogP contribution in [0.4, 0.5) is 4.79 Å². The number of nitrogens with zero attached hydrogens (tertiary/aromatic N) is 3. The molecule has 0 saturated carbocycles. The Hall–Kier alpha value is -2.34. The molecule has 1 saturated heterocycles. The molecule has 4 rings (SSSR count). The van der Waals surface area contributed by atoms with Gasteiger partial charge in [0.25, 0.3) is 0 Å². The summed E-state index contributed by atoms with van der Waals surface area (Å²) in [4.78, 5) is 16.9. The highest BCUT2D eigenvalue weighted by molar-refractivity contribution is 5.69. The second kappa shape index (κ2) is 4.84. The van der Waals surface area contributed by atoms with Gasteiger partial charge in [-0.05, 0) is 12.0 Å². The highest BCUT2D eigenvalue weighted by Crippen LogP contribution is 2.44. The molecule has 114 valence electrons. The normalized spacial score (nSPS) is 26.6. The van der Waals surface area contributed by atoms with Crippen molar-refractivity contribution in [1.82, 2.24) is 14.5 Å². The van der Waals surface area contributed by atoms with Gasteiger partial charge in [0.2, 0.25) is 0 Å². The van der Waals surface area contributed by atoms with Crippen molar-refractivity contribution in [3.8, 4) is 11.3 Å². The molecular formula is C16H17N3O3. The molecule has 3 heterocycles. The Bertz CT molecular complexity index is 727. The molecule has 22 heavy (non-hydrogen) atoms. The van der Waals surface area contributed by atoms with E-state index in [0.717, 1.165) is 16.8 Å². The highest BCUT2D eigenvalue weighted by Gasteiger charge is 2.41. The average molecular weight is 299 g/mol. The third-order valence-corrected chi connectivity index (χ3v) is 4.82. The van der Waals surface area contributed by atoms with E-state index in [1.807, 2.05) is 24.4 Å². The SMILES string of the molecule is O=C(O)N1CC[C@H](O)[C@@H](C2c3ccccc3-c3cncn32)C1. The molecule has 1 aromatic carbocycles. The van der Waals surface area contributed by atoms with Gasteiger partial charge in [0.15, 0.2) is 0 Å². The summed E-state index contributed by atoms with van der Waals surface area (Å²) in [5.41, 5.74) is 3.28. The second-order valence-corrected chi connectivity index (χ2v) is 5.97. The lowest BCUT2D eigenvalue weighted by Gasteiger charge is -2.38. The first kappa shape index (κ1) is 13.3. The van der Waals surface area contributed by atoms with E-state index in [2.05, 4.69) is 15.6 Å². The number of imidazole rings is 1. The molecule has 1 unspecified atom stereocenters. The molecule has 1 fully saturated rings. The fraction of sp³-hybridized carbons (Fsp3) is 0.375. The molecule has 0 aliphatic carbocycles. The monoisotopic (exact) mass is 299 g/mol. The molecule has 3 atom stereocenters. The summed E-state index contributed by atoms with van der Waals surface area (Å²) >= 11 is 0. The standard InChI is InChI=1S/C16H17N3O3/c20-14-5-6-18(16(21)22)8-12(14)15-11-4-2-1-3-10(11)13-7-17-9-19(13)15/h1-4,7,9,12,14-15,20H,5-6,8H2,(H,21,22)/t12-,14-,15?/m0/s1. The molecular weight excluding hydrogens is 282 g/mol. The topological polar surface area (TPSA) is 78.6 Å². The third-order valence-electron chi connectivity index (χ3n) is 4.82. The van der Waals surface area contributed by atoms with Gasteiger partial charge < -0.3 is 19.7 Å². The number of benzene rings is 1. The van der Waals surface area contributed by atoms with Gasteiger partial charge >= 0.3 is 6.09 Å². The smallest absolute Gasteiger partial charge is 0.407 e. The molecule has 6 nitrogen and oxygen atoms in total. The Balaban J connectivity index is 1.77. The van der Waals surface area contributed by atoms with Crippen LogP contribution in [0.5, 0.6) is 0 Å². The lowest BCUT2D eigenvalue weighted by molar-refractivity contribution is 0.0145. The first-order valence-corrected chi connectivity index (χ1v) is 7.44. The van der Waals surface area contributed by atoms with Gasteiger partial charge in [-0.2, -0.15) is 0 Å². The third kappa shape index (κ3) is 1.84. The highest BCUT2D eigenvalue weighted by atomic mass is 16.4. The van der Waals surface area contributed by atoms with Gasteiger partial charge in [-0.15, -0.1) is 0 Å². The van der Waals surface area contributed by atoms with Crippen LogP contribution in [0.25, 0.3) is 11.3 Å². The maximum Gasteiger partial charge on any atom is 0.407 e. The van der Waals surface area contributed by atoms with Crippen LogP contribution in [0.2, 0.25) is 0 Å². The van der Waals surface area contributed by atoms with Gasteiger partial charge in [-0.25, -0.2) is 9.78 Å². The van der Waals surface area contributed by atoms with Crippen LogP contribution in [0.1, 0.15) is 18.0 Å². The van der Waals surface area contributed by atoms with Crippen LogP contribution in [-0.2, 0) is 0 Å². The summed E-state index contributed by atoms with van der Waals surface area (Å²) in [5, 5.41) is 19.7. The van der Waals surface area contributed by atoms with Crippen molar-refractivity contribution in [2.45, 2.75) is 18.6 Å². The Kier molecular flexibility index (Phi) is 2.94. The number of carbonyl (C=O) groups is 1. The molecule has 0 spiro atoms. The zero-order valence-electron chi connectivity index (χ0n) is 12.0. The summed E-state index contributed by atoms with van der Waals surface area (Å²) in [6, 6.07) is 8.01. The number of hydrogen-bond donors (Lipinski definition) is 2. The van der Waals surface area contributed by atoms with Crippen molar-refractivity contribution in [2.75, 3.05) is 13.1 Å². The summed E-state index contributed by atoms with van der Waals surface area (Å²) in [6.07, 6.45) is 2.63. The van der Waals surface area contributed by atoms with Crippen LogP contribution in [0.15, 0.2) is 36.8 Å². The minimum Gasteiger partial charge on any atom is -0.465 e. The number of rotatable bonds is 1. The van der Waals surface area contributed by atoms with E-state index in [0.29, 0.717) is 19.5 Å². The lowest BCUT2D eigenvalue weighted by Crippen LogP contribution is -2.48. The van der Waals surface area contributed by atoms with Crippen molar-refractivity contribution in [3.63, 3.8) is 0 Å². The molecule has 6 heteroatoms. The molecule has 2 aromatic rings. The predicted molar refractivity (Wildman–Crippen MR) is 79.5 cm³/mol. The average Bonchev–Trinajstić information content (AvgIpc) is 3.08. The Morgan fingerprint density at radius 2 is 2.14 bits per heavy atom. The van der Waals surface area contributed by atoms with Gasteiger partial charge in [0.1, 0.15) is 0 Å². The maximum atomic E-state index is 11.3. The van der Waals surface area contributed by atoms with Crippen LogP contribution in [0, 0.1) is 5.92 Å². The number of hydrogen-bond acceptors (Lipinski definition) is 3. The van der Waals surface area contributed by atoms with Crippen LogP contribution in [0.3, 0.4) is 0 Å². The van der Waals surface area contributed by atoms with Gasteiger partial charge in [0, 0.05) is 24.6 Å². The van der Waals surface area contributed by atoms with Gasteiger partial charge in [-0.1, -0.05) is 24.3 Å². The van der Waals surface area contributed by atoms with E-state index in [1.54, 1.807) is 6.33 Å². The molecule has 0 bridgehead atoms. The largest absolute Gasteiger partial charge is 0.465 e. The summed E-state index contributed by atoms with van der Waals surface area (Å²) in [6.45, 7) is 0.727. The number of piperidine rings is 1. The summed E-state index contributed by atoms with van der Waals surface area (Å²) < 4.78 is 2.06. The molecule has 2 aliphatic heterocycles. The van der Waals surface area contributed by atoms with Crippen LogP contribution >= 0.6 is 0 Å². The molecule has 1 amide bonds. The Morgan fingerprint density at radius 3 is 2.95 bits per heavy atom. The molecule has 2 N–H and O–H groups in total. The number of amides is 1. The predicted octanol–water partition coefficient (Wildman–Crippen LogP) is 1.81. The summed E-state index contributed by atoms with van der Waals surface area (Å²) in [5.74, 6) is -0.165. The van der Waals surface area contributed by atoms with Crippen LogP contribution in [-0.4, -0.2) is 50.0 Å². The van der Waals surface area contributed by atoms with Crippen molar-refractivity contribution in [3.05, 3.63) is 42.4 Å². The Labute approximate surface area is 127 Å². The van der Waals surface area contributed by atoms with Crippen molar-refractivity contribution >= 4 is 6.09 Å². The number of fused-ring (bicyclic) bond motifs is 3. The Morgan fingerprint density at radius 1 is 1.32 bits per heavy atom.